The third-order valence-electron chi connectivity index (χ3n) is 2.01. The van der Waals surface area contributed by atoms with Crippen LogP contribution in [0.3, 0.4) is 0 Å². The van der Waals surface area contributed by atoms with Crippen molar-refractivity contribution in [2.75, 3.05) is 0 Å². The SMILES string of the molecule is Cc1cc(C(C)(O)C(C)N)sn1. The minimum atomic E-state index is -0.952. The summed E-state index contributed by atoms with van der Waals surface area (Å²) in [4.78, 5) is 0.829. The van der Waals surface area contributed by atoms with Crippen molar-refractivity contribution < 1.29 is 5.11 Å². The zero-order valence-corrected chi connectivity index (χ0v) is 8.35. The first kappa shape index (κ1) is 9.64. The summed E-state index contributed by atoms with van der Waals surface area (Å²) >= 11 is 1.30. The first-order chi connectivity index (χ1) is 5.44. The van der Waals surface area contributed by atoms with Crippen LogP contribution < -0.4 is 5.73 Å². The quantitative estimate of drug-likeness (QED) is 0.724. The number of nitrogens with zero attached hydrogens (tertiary/aromatic N) is 1. The van der Waals surface area contributed by atoms with E-state index >= 15 is 0 Å². The second-order valence-electron chi connectivity index (χ2n) is 3.27. The summed E-state index contributed by atoms with van der Waals surface area (Å²) in [7, 11) is 0. The number of hydrogen-bond acceptors (Lipinski definition) is 4. The molecule has 0 spiro atoms. The summed E-state index contributed by atoms with van der Waals surface area (Å²) < 4.78 is 4.09. The Bertz CT molecular complexity index is 268. The van der Waals surface area contributed by atoms with E-state index in [4.69, 9.17) is 5.73 Å². The molecule has 1 aromatic rings. The summed E-state index contributed by atoms with van der Waals surface area (Å²) in [5.41, 5.74) is 5.61. The van der Waals surface area contributed by atoms with Crippen LogP contribution in [0.2, 0.25) is 0 Å². The maximum absolute atomic E-state index is 9.92. The van der Waals surface area contributed by atoms with Gasteiger partial charge in [-0.25, -0.2) is 0 Å². The van der Waals surface area contributed by atoms with E-state index in [2.05, 4.69) is 4.37 Å². The molecule has 0 fully saturated rings. The monoisotopic (exact) mass is 186 g/mol. The predicted molar refractivity (Wildman–Crippen MR) is 50.1 cm³/mol. The van der Waals surface area contributed by atoms with E-state index in [0.29, 0.717) is 0 Å². The minimum Gasteiger partial charge on any atom is -0.383 e. The molecular formula is C8H14N2OS. The van der Waals surface area contributed by atoms with Gasteiger partial charge >= 0.3 is 0 Å². The molecule has 1 aromatic heterocycles. The smallest absolute Gasteiger partial charge is 0.112 e. The largest absolute Gasteiger partial charge is 0.383 e. The fraction of sp³-hybridized carbons (Fsp3) is 0.625. The molecule has 0 aliphatic carbocycles. The molecule has 0 aliphatic heterocycles. The van der Waals surface area contributed by atoms with Crippen LogP contribution in [0, 0.1) is 6.92 Å². The van der Waals surface area contributed by atoms with Gasteiger partial charge in [0.05, 0.1) is 10.6 Å². The van der Waals surface area contributed by atoms with E-state index in [0.717, 1.165) is 10.6 Å². The molecule has 0 saturated carbocycles. The highest BCUT2D eigenvalue weighted by Gasteiger charge is 2.29. The zero-order chi connectivity index (χ0) is 9.35. The highest BCUT2D eigenvalue weighted by Crippen LogP contribution is 2.27. The van der Waals surface area contributed by atoms with E-state index in [-0.39, 0.29) is 6.04 Å². The Hall–Kier alpha value is -0.450. The second-order valence-corrected chi connectivity index (χ2v) is 4.07. The number of nitrogens with two attached hydrogens (primary N) is 1. The Morgan fingerprint density at radius 2 is 2.33 bits per heavy atom. The van der Waals surface area contributed by atoms with Gasteiger partial charge in [-0.15, -0.1) is 0 Å². The molecule has 0 aliphatic rings. The molecule has 1 heterocycles. The Morgan fingerprint density at radius 1 is 1.75 bits per heavy atom. The third-order valence-corrected chi connectivity index (χ3v) is 3.12. The molecule has 0 saturated heterocycles. The highest BCUT2D eigenvalue weighted by atomic mass is 32.1. The van der Waals surface area contributed by atoms with Crippen LogP contribution >= 0.6 is 11.5 Å². The Balaban J connectivity index is 2.97. The van der Waals surface area contributed by atoms with Crippen LogP contribution in [0.25, 0.3) is 0 Å². The lowest BCUT2D eigenvalue weighted by molar-refractivity contribution is 0.0386. The summed E-state index contributed by atoms with van der Waals surface area (Å²) in [6, 6.07) is 1.59. The summed E-state index contributed by atoms with van der Waals surface area (Å²) in [5, 5.41) is 9.92. The van der Waals surface area contributed by atoms with Gasteiger partial charge < -0.3 is 10.8 Å². The van der Waals surface area contributed by atoms with Gasteiger partial charge in [0, 0.05) is 6.04 Å². The maximum atomic E-state index is 9.92. The summed E-state index contributed by atoms with van der Waals surface area (Å²) in [6.45, 7) is 5.40. The lowest BCUT2D eigenvalue weighted by Crippen LogP contribution is -2.40. The molecule has 3 N–H and O–H groups in total. The molecule has 4 heteroatoms. The molecular weight excluding hydrogens is 172 g/mol. The van der Waals surface area contributed by atoms with Crippen molar-refractivity contribution in [3.63, 3.8) is 0 Å². The van der Waals surface area contributed by atoms with Gasteiger partial charge in [-0.05, 0) is 38.4 Å². The van der Waals surface area contributed by atoms with Gasteiger partial charge in [0.15, 0.2) is 0 Å². The second kappa shape index (κ2) is 3.12. The molecule has 0 radical (unpaired) electrons. The van der Waals surface area contributed by atoms with Crippen LogP contribution in [0.1, 0.15) is 24.4 Å². The maximum Gasteiger partial charge on any atom is 0.112 e. The number of hydrogen-bond donors (Lipinski definition) is 2. The predicted octanol–water partition coefficient (Wildman–Crippen LogP) is 1.01. The van der Waals surface area contributed by atoms with Crippen LogP contribution in [0.5, 0.6) is 0 Å². The van der Waals surface area contributed by atoms with Crippen LogP contribution in [-0.4, -0.2) is 15.5 Å². The Morgan fingerprint density at radius 3 is 2.67 bits per heavy atom. The van der Waals surface area contributed by atoms with E-state index in [9.17, 15) is 5.11 Å². The van der Waals surface area contributed by atoms with Gasteiger partial charge in [0.1, 0.15) is 5.60 Å². The average Bonchev–Trinajstić information content (AvgIpc) is 2.35. The lowest BCUT2D eigenvalue weighted by Gasteiger charge is -2.25. The molecule has 0 bridgehead atoms. The Kier molecular flexibility index (Phi) is 2.51. The topological polar surface area (TPSA) is 59.1 Å². The van der Waals surface area contributed by atoms with Gasteiger partial charge in [0.25, 0.3) is 0 Å². The zero-order valence-electron chi connectivity index (χ0n) is 7.53. The first-order valence-corrected chi connectivity index (χ1v) is 4.63. The standard InChI is InChI=1S/C8H14N2OS/c1-5-4-7(12-10-5)8(3,11)6(2)9/h4,6,11H,9H2,1-3H3. The molecule has 3 nitrogen and oxygen atoms in total. The third kappa shape index (κ3) is 1.65. The van der Waals surface area contributed by atoms with Gasteiger partial charge in [-0.3, -0.25) is 0 Å². The normalized spacial score (nSPS) is 18.8. The average molecular weight is 186 g/mol. The van der Waals surface area contributed by atoms with E-state index in [1.165, 1.54) is 11.5 Å². The van der Waals surface area contributed by atoms with Crippen molar-refractivity contribution in [1.82, 2.24) is 4.37 Å². The number of rotatable bonds is 2. The van der Waals surface area contributed by atoms with Crippen molar-refractivity contribution in [3.05, 3.63) is 16.6 Å². The molecule has 1 rings (SSSR count). The molecule has 68 valence electrons. The highest BCUT2D eigenvalue weighted by molar-refractivity contribution is 7.06. The fourth-order valence-corrected chi connectivity index (χ4v) is 1.72. The molecule has 0 amide bonds. The van der Waals surface area contributed by atoms with Crippen LogP contribution in [0.15, 0.2) is 6.07 Å². The van der Waals surface area contributed by atoms with E-state index < -0.39 is 5.60 Å². The molecule has 2 atom stereocenters. The minimum absolute atomic E-state index is 0.280. The number of aromatic nitrogens is 1. The van der Waals surface area contributed by atoms with Crippen molar-refractivity contribution in [2.24, 2.45) is 5.73 Å². The van der Waals surface area contributed by atoms with Crippen molar-refractivity contribution in [1.29, 1.82) is 0 Å². The molecule has 0 aromatic carbocycles. The van der Waals surface area contributed by atoms with Crippen molar-refractivity contribution >= 4 is 11.5 Å². The van der Waals surface area contributed by atoms with Crippen LogP contribution in [-0.2, 0) is 5.60 Å². The Labute approximate surface area is 76.4 Å². The van der Waals surface area contributed by atoms with Gasteiger partial charge in [-0.1, -0.05) is 0 Å². The van der Waals surface area contributed by atoms with Crippen molar-refractivity contribution in [3.8, 4) is 0 Å². The van der Waals surface area contributed by atoms with Gasteiger partial charge in [-0.2, -0.15) is 4.37 Å². The van der Waals surface area contributed by atoms with E-state index in [1.54, 1.807) is 13.8 Å². The molecule has 12 heavy (non-hydrogen) atoms. The number of aryl methyl sites for hydroxylation is 1. The van der Waals surface area contributed by atoms with Crippen molar-refractivity contribution in [2.45, 2.75) is 32.4 Å². The fourth-order valence-electron chi connectivity index (χ4n) is 0.827. The summed E-state index contributed by atoms with van der Waals surface area (Å²) in [5.74, 6) is 0. The summed E-state index contributed by atoms with van der Waals surface area (Å²) in [6.07, 6.45) is 0. The number of aliphatic hydroxyl groups is 1. The van der Waals surface area contributed by atoms with Crippen LogP contribution in [0.4, 0.5) is 0 Å². The van der Waals surface area contributed by atoms with E-state index in [1.807, 2.05) is 13.0 Å². The lowest BCUT2D eigenvalue weighted by atomic mass is 9.97. The molecule has 2 unspecified atom stereocenters. The first-order valence-electron chi connectivity index (χ1n) is 3.86. The van der Waals surface area contributed by atoms with Gasteiger partial charge in [0.2, 0.25) is 0 Å².